The van der Waals surface area contributed by atoms with Gasteiger partial charge < -0.3 is 10.1 Å². The third kappa shape index (κ3) is 5.03. The molecule has 122 valence electrons. The van der Waals surface area contributed by atoms with Crippen LogP contribution < -0.4 is 10.6 Å². The molecule has 0 aliphatic rings. The Kier molecular flexibility index (Phi) is 6.84. The van der Waals surface area contributed by atoms with Crippen molar-refractivity contribution >= 4 is 29.5 Å². The normalized spacial score (nSPS) is 10.2. The first-order valence-electron chi connectivity index (χ1n) is 6.80. The third-order valence-corrected chi connectivity index (χ3v) is 3.19. The van der Waals surface area contributed by atoms with E-state index in [0.29, 0.717) is 12.2 Å². The summed E-state index contributed by atoms with van der Waals surface area (Å²) in [5.74, 6) is -1.49. The molecule has 3 amide bonds. The standard InChI is InChI=1S/C13H19ClN4O4/c1-4-5-6-15-13(21)16-9(19)7-22-12(20)10-8(2)17-18(3)11(10)14/h4-7H2,1-3H3,(H2,15,16,19,21). The number of carbonyl (C=O) groups is 3. The van der Waals surface area contributed by atoms with Crippen LogP contribution in [-0.4, -0.2) is 40.8 Å². The average Bonchev–Trinajstić information content (AvgIpc) is 2.70. The number of amides is 3. The van der Waals surface area contributed by atoms with Gasteiger partial charge in [0.25, 0.3) is 5.91 Å². The summed E-state index contributed by atoms with van der Waals surface area (Å²) in [4.78, 5) is 34.7. The molecule has 0 aromatic carbocycles. The van der Waals surface area contributed by atoms with Gasteiger partial charge in [0, 0.05) is 13.6 Å². The number of rotatable bonds is 6. The Morgan fingerprint density at radius 3 is 2.59 bits per heavy atom. The van der Waals surface area contributed by atoms with Crippen molar-refractivity contribution in [1.82, 2.24) is 20.4 Å². The largest absolute Gasteiger partial charge is 0.452 e. The molecule has 0 bridgehead atoms. The summed E-state index contributed by atoms with van der Waals surface area (Å²) in [5.41, 5.74) is 0.500. The Morgan fingerprint density at radius 2 is 2.05 bits per heavy atom. The van der Waals surface area contributed by atoms with Crippen molar-refractivity contribution in [2.75, 3.05) is 13.2 Å². The van der Waals surface area contributed by atoms with Crippen LogP contribution >= 0.6 is 11.6 Å². The maximum atomic E-state index is 11.9. The molecule has 0 atom stereocenters. The third-order valence-electron chi connectivity index (χ3n) is 2.76. The van der Waals surface area contributed by atoms with Gasteiger partial charge in [-0.2, -0.15) is 5.10 Å². The van der Waals surface area contributed by atoms with E-state index in [9.17, 15) is 14.4 Å². The number of hydrogen-bond acceptors (Lipinski definition) is 5. The number of unbranched alkanes of at least 4 members (excludes halogenated alkanes) is 1. The van der Waals surface area contributed by atoms with Crippen molar-refractivity contribution < 1.29 is 19.1 Å². The number of aryl methyl sites for hydroxylation is 2. The molecule has 1 aromatic heterocycles. The van der Waals surface area contributed by atoms with Crippen molar-refractivity contribution in [2.45, 2.75) is 26.7 Å². The second-order valence-corrected chi connectivity index (χ2v) is 4.97. The number of carbonyl (C=O) groups excluding carboxylic acids is 3. The second-order valence-electron chi connectivity index (χ2n) is 4.61. The number of halogens is 1. The molecular weight excluding hydrogens is 312 g/mol. The summed E-state index contributed by atoms with van der Waals surface area (Å²) in [7, 11) is 1.58. The molecule has 0 saturated carbocycles. The van der Waals surface area contributed by atoms with Crippen molar-refractivity contribution in [3.05, 3.63) is 16.4 Å². The zero-order valence-electron chi connectivity index (χ0n) is 12.7. The van der Waals surface area contributed by atoms with Crippen LogP contribution in [0.4, 0.5) is 4.79 Å². The highest BCUT2D eigenvalue weighted by atomic mass is 35.5. The van der Waals surface area contributed by atoms with Crippen molar-refractivity contribution in [3.63, 3.8) is 0 Å². The predicted octanol–water partition coefficient (Wildman–Crippen LogP) is 1.16. The Bertz CT molecular complexity index is 571. The van der Waals surface area contributed by atoms with E-state index >= 15 is 0 Å². The number of nitrogens with one attached hydrogen (secondary N) is 2. The van der Waals surface area contributed by atoms with E-state index in [2.05, 4.69) is 15.7 Å². The van der Waals surface area contributed by atoms with Gasteiger partial charge in [-0.25, -0.2) is 9.59 Å². The lowest BCUT2D eigenvalue weighted by atomic mass is 10.3. The van der Waals surface area contributed by atoms with Crippen LogP contribution in [0, 0.1) is 6.92 Å². The molecule has 2 N–H and O–H groups in total. The van der Waals surface area contributed by atoms with E-state index in [4.69, 9.17) is 16.3 Å². The van der Waals surface area contributed by atoms with Gasteiger partial charge in [0.2, 0.25) is 0 Å². The number of imide groups is 1. The fraction of sp³-hybridized carbons (Fsp3) is 0.538. The SMILES string of the molecule is CCCCNC(=O)NC(=O)COC(=O)c1c(C)nn(C)c1Cl. The van der Waals surface area contributed by atoms with Crippen LogP contribution in [0.15, 0.2) is 0 Å². The molecule has 1 rings (SSSR count). The van der Waals surface area contributed by atoms with Crippen LogP contribution in [-0.2, 0) is 16.6 Å². The number of nitrogens with zero attached hydrogens (tertiary/aromatic N) is 2. The fourth-order valence-electron chi connectivity index (χ4n) is 1.65. The van der Waals surface area contributed by atoms with E-state index in [0.717, 1.165) is 12.8 Å². The number of esters is 1. The molecule has 0 spiro atoms. The van der Waals surface area contributed by atoms with Gasteiger partial charge in [0.15, 0.2) is 6.61 Å². The zero-order chi connectivity index (χ0) is 16.7. The van der Waals surface area contributed by atoms with Crippen molar-refractivity contribution in [2.24, 2.45) is 7.05 Å². The highest BCUT2D eigenvalue weighted by Crippen LogP contribution is 2.19. The minimum Gasteiger partial charge on any atom is -0.452 e. The van der Waals surface area contributed by atoms with E-state index in [1.165, 1.54) is 4.68 Å². The number of aromatic nitrogens is 2. The molecule has 0 fully saturated rings. The van der Waals surface area contributed by atoms with Gasteiger partial charge in [-0.1, -0.05) is 24.9 Å². The van der Waals surface area contributed by atoms with E-state index in [-0.39, 0.29) is 10.7 Å². The molecule has 0 radical (unpaired) electrons. The Hall–Kier alpha value is -2.09. The minimum absolute atomic E-state index is 0.101. The smallest absolute Gasteiger partial charge is 0.343 e. The molecule has 22 heavy (non-hydrogen) atoms. The molecule has 0 unspecified atom stereocenters. The minimum atomic E-state index is -0.767. The molecule has 1 aromatic rings. The molecule has 0 saturated heterocycles. The Labute approximate surface area is 133 Å². The van der Waals surface area contributed by atoms with Gasteiger partial charge in [0.1, 0.15) is 10.7 Å². The lowest BCUT2D eigenvalue weighted by Crippen LogP contribution is -2.41. The maximum absolute atomic E-state index is 11.9. The quantitative estimate of drug-likeness (QED) is 0.602. The molecule has 8 nitrogen and oxygen atoms in total. The zero-order valence-corrected chi connectivity index (χ0v) is 13.5. The first kappa shape index (κ1) is 18.0. The van der Waals surface area contributed by atoms with E-state index in [1.54, 1.807) is 14.0 Å². The van der Waals surface area contributed by atoms with Crippen LogP contribution in [0.5, 0.6) is 0 Å². The van der Waals surface area contributed by atoms with Gasteiger partial charge in [-0.05, 0) is 13.3 Å². The van der Waals surface area contributed by atoms with Crippen molar-refractivity contribution in [3.8, 4) is 0 Å². The summed E-state index contributed by atoms with van der Waals surface area (Å²) >= 11 is 5.91. The summed E-state index contributed by atoms with van der Waals surface area (Å²) < 4.78 is 6.15. The number of urea groups is 1. The molecule has 0 aliphatic carbocycles. The number of ether oxygens (including phenoxy) is 1. The molecule has 1 heterocycles. The summed E-state index contributed by atoms with van der Waals surface area (Å²) in [6, 6.07) is -0.620. The first-order chi connectivity index (χ1) is 10.4. The van der Waals surface area contributed by atoms with Gasteiger partial charge >= 0.3 is 12.0 Å². The van der Waals surface area contributed by atoms with Crippen LogP contribution in [0.1, 0.15) is 35.8 Å². The maximum Gasteiger partial charge on any atom is 0.343 e. The Morgan fingerprint density at radius 1 is 1.36 bits per heavy atom. The second kappa shape index (κ2) is 8.38. The summed E-state index contributed by atoms with van der Waals surface area (Å²) in [6.07, 6.45) is 1.74. The topological polar surface area (TPSA) is 102 Å². The van der Waals surface area contributed by atoms with Crippen LogP contribution in [0.2, 0.25) is 5.15 Å². The van der Waals surface area contributed by atoms with E-state index < -0.39 is 24.5 Å². The predicted molar refractivity (Wildman–Crippen MR) is 79.7 cm³/mol. The Balaban J connectivity index is 2.44. The average molecular weight is 331 g/mol. The van der Waals surface area contributed by atoms with E-state index in [1.807, 2.05) is 6.92 Å². The van der Waals surface area contributed by atoms with Crippen LogP contribution in [0.25, 0.3) is 0 Å². The molecule has 9 heteroatoms. The van der Waals surface area contributed by atoms with Crippen molar-refractivity contribution in [1.29, 1.82) is 0 Å². The monoisotopic (exact) mass is 330 g/mol. The fourth-order valence-corrected chi connectivity index (χ4v) is 1.90. The first-order valence-corrected chi connectivity index (χ1v) is 7.18. The lowest BCUT2D eigenvalue weighted by Gasteiger charge is -2.07. The lowest BCUT2D eigenvalue weighted by molar-refractivity contribution is -0.123. The highest BCUT2D eigenvalue weighted by Gasteiger charge is 2.21. The van der Waals surface area contributed by atoms with Gasteiger partial charge in [-0.3, -0.25) is 14.8 Å². The van der Waals surface area contributed by atoms with Crippen LogP contribution in [0.3, 0.4) is 0 Å². The van der Waals surface area contributed by atoms with Gasteiger partial charge in [-0.15, -0.1) is 0 Å². The molecular formula is C13H19ClN4O4. The number of hydrogen-bond donors (Lipinski definition) is 2. The van der Waals surface area contributed by atoms with Gasteiger partial charge in [0.05, 0.1) is 5.69 Å². The highest BCUT2D eigenvalue weighted by molar-refractivity contribution is 6.32. The summed E-state index contributed by atoms with van der Waals surface area (Å²) in [6.45, 7) is 3.48. The molecule has 0 aliphatic heterocycles. The summed E-state index contributed by atoms with van der Waals surface area (Å²) in [5, 5.41) is 8.66.